The number of carboxylic acid groups (broad SMARTS) is 1. The van der Waals surface area contributed by atoms with Gasteiger partial charge in [0, 0.05) is 0 Å². The summed E-state index contributed by atoms with van der Waals surface area (Å²) in [6.07, 6.45) is 10.9. The summed E-state index contributed by atoms with van der Waals surface area (Å²) in [5.74, 6) is -1.09. The van der Waals surface area contributed by atoms with Crippen LogP contribution in [-0.2, 0) is 0 Å². The molecule has 2 N–H and O–H groups in total. The van der Waals surface area contributed by atoms with Crippen molar-refractivity contribution in [2.45, 2.75) is 0 Å². The number of aromatic amines is 1. The third-order valence-corrected chi connectivity index (χ3v) is 1.81. The Morgan fingerprint density at radius 1 is 1.21 bits per heavy atom. The summed E-state index contributed by atoms with van der Waals surface area (Å²) >= 11 is 0. The van der Waals surface area contributed by atoms with Crippen LogP contribution >= 0.6 is 0 Å². The van der Waals surface area contributed by atoms with Crippen LogP contribution in [0.15, 0.2) is 24.3 Å². The molecule has 4 heteroatoms. The number of nitrogens with one attached hydrogen (secondary N) is 1. The van der Waals surface area contributed by atoms with Crippen LogP contribution in [0.2, 0.25) is 0 Å². The number of carboxylic acids is 1. The number of allylic oxidation sites excluding steroid dienone is 4. The zero-order valence-electron chi connectivity index (χ0n) is 7.27. The first-order chi connectivity index (χ1) is 6.77. The number of fused-ring (bicyclic) bond motifs is 1. The van der Waals surface area contributed by atoms with Crippen LogP contribution in [0.5, 0.6) is 0 Å². The van der Waals surface area contributed by atoms with Crippen molar-refractivity contribution in [1.82, 2.24) is 9.97 Å². The van der Waals surface area contributed by atoms with Crippen LogP contribution < -0.4 is 0 Å². The van der Waals surface area contributed by atoms with Crippen LogP contribution in [0.1, 0.15) is 22.0 Å². The van der Waals surface area contributed by atoms with Crippen LogP contribution in [0.4, 0.5) is 0 Å². The average molecular weight is 188 g/mol. The second kappa shape index (κ2) is 3.33. The highest BCUT2D eigenvalue weighted by molar-refractivity contribution is 5.84. The van der Waals surface area contributed by atoms with Crippen molar-refractivity contribution < 1.29 is 9.90 Å². The summed E-state index contributed by atoms with van der Waals surface area (Å²) in [7, 11) is 0. The lowest BCUT2D eigenvalue weighted by Gasteiger charge is -1.90. The third kappa shape index (κ3) is 1.50. The molecule has 1 aromatic rings. The highest BCUT2D eigenvalue weighted by Gasteiger charge is 2.11. The summed E-state index contributed by atoms with van der Waals surface area (Å²) in [4.78, 5) is 17.3. The number of nitrogens with zero attached hydrogens (tertiary/aromatic N) is 1. The predicted molar refractivity (Wildman–Crippen MR) is 52.8 cm³/mol. The summed E-state index contributed by atoms with van der Waals surface area (Å²) in [5.41, 5.74) is 1.35. The molecule has 0 spiro atoms. The lowest BCUT2D eigenvalue weighted by atomic mass is 10.2. The minimum atomic E-state index is -1.05. The van der Waals surface area contributed by atoms with E-state index in [9.17, 15) is 4.79 Å². The van der Waals surface area contributed by atoms with Crippen molar-refractivity contribution in [3.8, 4) is 0 Å². The number of hydrogen-bond acceptors (Lipinski definition) is 2. The van der Waals surface area contributed by atoms with Gasteiger partial charge in [0.05, 0.1) is 11.4 Å². The Morgan fingerprint density at radius 3 is 2.64 bits per heavy atom. The van der Waals surface area contributed by atoms with Crippen LogP contribution in [0.3, 0.4) is 0 Å². The van der Waals surface area contributed by atoms with E-state index in [4.69, 9.17) is 5.11 Å². The maximum atomic E-state index is 10.6. The van der Waals surface area contributed by atoms with Gasteiger partial charge < -0.3 is 10.1 Å². The molecular weight excluding hydrogens is 180 g/mol. The Bertz CT molecular complexity index is 419. The first-order valence-corrected chi connectivity index (χ1v) is 4.12. The SMILES string of the molecule is O=C(O)c1nc2c([nH]1)\C=C/C=C\C=C/2. The zero-order valence-corrected chi connectivity index (χ0v) is 7.27. The van der Waals surface area contributed by atoms with E-state index in [1.807, 2.05) is 24.3 Å². The second-order valence-electron chi connectivity index (χ2n) is 2.79. The molecule has 1 aromatic heterocycles. The molecule has 1 aliphatic carbocycles. The maximum absolute atomic E-state index is 10.6. The Balaban J connectivity index is 2.50. The summed E-state index contributed by atoms with van der Waals surface area (Å²) < 4.78 is 0. The van der Waals surface area contributed by atoms with E-state index in [0.717, 1.165) is 0 Å². The van der Waals surface area contributed by atoms with Crippen molar-refractivity contribution in [2.75, 3.05) is 0 Å². The normalized spacial score (nSPS) is 20.3. The van der Waals surface area contributed by atoms with E-state index >= 15 is 0 Å². The van der Waals surface area contributed by atoms with Gasteiger partial charge in [-0.05, 0) is 12.2 Å². The van der Waals surface area contributed by atoms with Gasteiger partial charge in [-0.25, -0.2) is 9.78 Å². The Kier molecular flexibility index (Phi) is 2.02. The average Bonchev–Trinajstić information content (AvgIpc) is 2.48. The molecule has 0 amide bonds. The number of H-pyrrole nitrogens is 1. The number of aromatic nitrogens is 2. The molecule has 0 bridgehead atoms. The minimum absolute atomic E-state index is 0.0359. The minimum Gasteiger partial charge on any atom is -0.475 e. The second-order valence-corrected chi connectivity index (χ2v) is 2.79. The highest BCUT2D eigenvalue weighted by atomic mass is 16.4. The van der Waals surface area contributed by atoms with E-state index in [2.05, 4.69) is 9.97 Å². The number of carbonyl (C=O) groups is 1. The fourth-order valence-corrected chi connectivity index (χ4v) is 1.18. The standard InChI is InChI=1S/C10H8N2O2/c13-10(14)9-11-7-5-3-1-2-4-6-8(7)12-9/h1-6H,(H,11,12)(H,13,14)/b2-1-,3-1?,4-2?,5-3-,6-4-,7-5?,8-6?. The molecule has 14 heavy (non-hydrogen) atoms. The Labute approximate surface area is 80.3 Å². The molecule has 1 heterocycles. The van der Waals surface area contributed by atoms with Gasteiger partial charge in [-0.2, -0.15) is 0 Å². The van der Waals surface area contributed by atoms with Gasteiger partial charge in [0.2, 0.25) is 5.82 Å². The number of hydrogen-bond donors (Lipinski definition) is 2. The highest BCUT2D eigenvalue weighted by Crippen LogP contribution is 2.12. The molecule has 2 rings (SSSR count). The van der Waals surface area contributed by atoms with Gasteiger partial charge in [0.15, 0.2) is 0 Å². The van der Waals surface area contributed by atoms with Gasteiger partial charge in [-0.1, -0.05) is 24.3 Å². The molecule has 0 aromatic carbocycles. The number of imidazole rings is 1. The third-order valence-electron chi connectivity index (χ3n) is 1.81. The summed E-state index contributed by atoms with van der Waals surface area (Å²) in [6, 6.07) is 0. The molecule has 0 fully saturated rings. The molecular formula is C10H8N2O2. The van der Waals surface area contributed by atoms with Gasteiger partial charge in [0.25, 0.3) is 0 Å². The Hall–Kier alpha value is -2.10. The number of rotatable bonds is 1. The van der Waals surface area contributed by atoms with Crippen LogP contribution in [0, 0.1) is 0 Å². The number of aromatic carboxylic acids is 1. The van der Waals surface area contributed by atoms with Crippen LogP contribution in [-0.4, -0.2) is 21.0 Å². The first-order valence-electron chi connectivity index (χ1n) is 4.12. The van der Waals surface area contributed by atoms with Gasteiger partial charge in [0.1, 0.15) is 0 Å². The zero-order chi connectivity index (χ0) is 9.97. The largest absolute Gasteiger partial charge is 0.475 e. The molecule has 0 saturated heterocycles. The summed E-state index contributed by atoms with van der Waals surface area (Å²) in [5, 5.41) is 8.72. The maximum Gasteiger partial charge on any atom is 0.371 e. The molecule has 4 nitrogen and oxygen atoms in total. The fraction of sp³-hybridized carbons (Fsp3) is 0. The summed E-state index contributed by atoms with van der Waals surface area (Å²) in [6.45, 7) is 0. The van der Waals surface area contributed by atoms with Crippen molar-refractivity contribution >= 4 is 18.1 Å². The van der Waals surface area contributed by atoms with E-state index in [1.165, 1.54) is 0 Å². The van der Waals surface area contributed by atoms with E-state index < -0.39 is 5.97 Å². The topological polar surface area (TPSA) is 66.0 Å². The van der Waals surface area contributed by atoms with Gasteiger partial charge >= 0.3 is 5.97 Å². The predicted octanol–water partition coefficient (Wildman–Crippen LogP) is 1.70. The van der Waals surface area contributed by atoms with E-state index in [-0.39, 0.29) is 5.82 Å². The van der Waals surface area contributed by atoms with Gasteiger partial charge in [-0.15, -0.1) is 0 Å². The van der Waals surface area contributed by atoms with Gasteiger partial charge in [-0.3, -0.25) is 0 Å². The molecule has 1 aliphatic rings. The monoisotopic (exact) mass is 188 g/mol. The fourth-order valence-electron chi connectivity index (χ4n) is 1.18. The first kappa shape index (κ1) is 8.50. The Morgan fingerprint density at radius 2 is 1.93 bits per heavy atom. The van der Waals surface area contributed by atoms with Crippen LogP contribution in [0.25, 0.3) is 12.2 Å². The van der Waals surface area contributed by atoms with Crippen molar-refractivity contribution in [1.29, 1.82) is 0 Å². The smallest absolute Gasteiger partial charge is 0.371 e. The molecule has 0 aliphatic heterocycles. The molecule has 0 atom stereocenters. The van der Waals surface area contributed by atoms with Crippen molar-refractivity contribution in [3.63, 3.8) is 0 Å². The molecule has 0 unspecified atom stereocenters. The lowest BCUT2D eigenvalue weighted by Crippen LogP contribution is -1.98. The lowest BCUT2D eigenvalue weighted by molar-refractivity contribution is 0.0684. The molecule has 0 saturated carbocycles. The molecule has 70 valence electrons. The van der Waals surface area contributed by atoms with Crippen molar-refractivity contribution in [3.05, 3.63) is 41.5 Å². The molecule has 0 radical (unpaired) electrons. The van der Waals surface area contributed by atoms with E-state index in [0.29, 0.717) is 11.4 Å². The van der Waals surface area contributed by atoms with Crippen molar-refractivity contribution in [2.24, 2.45) is 0 Å². The van der Waals surface area contributed by atoms with E-state index in [1.54, 1.807) is 12.2 Å². The quantitative estimate of drug-likeness (QED) is 0.704.